The number of hydrogen-bond acceptors (Lipinski definition) is 7. The molecule has 0 spiro atoms. The van der Waals surface area contributed by atoms with Crippen LogP contribution in [0.5, 0.6) is 0 Å². The van der Waals surface area contributed by atoms with Gasteiger partial charge in [-0.15, -0.1) is 0 Å². The highest BCUT2D eigenvalue weighted by Crippen LogP contribution is 2.22. The number of cyclic esters (lactones) is 1. The zero-order valence-corrected chi connectivity index (χ0v) is 18.6. The Kier molecular flexibility index (Phi) is 6.95. The van der Waals surface area contributed by atoms with Gasteiger partial charge < -0.3 is 14.8 Å². The lowest BCUT2D eigenvalue weighted by Gasteiger charge is -2.24. The Morgan fingerprint density at radius 3 is 2.38 bits per heavy atom. The number of ether oxygens (including phenoxy) is 2. The van der Waals surface area contributed by atoms with Crippen molar-refractivity contribution in [1.29, 1.82) is 0 Å². The van der Waals surface area contributed by atoms with Gasteiger partial charge in [-0.1, -0.05) is 18.2 Å². The Labute approximate surface area is 186 Å². The number of benzene rings is 2. The minimum absolute atomic E-state index is 0.0584. The SMILES string of the molecule is CC(C)NS(=O)(=O)c1ccc(NC(=O)C(C)OC(=O)C2Cc3ccccc3C(=O)O2)cc1. The van der Waals surface area contributed by atoms with Crippen LogP contribution >= 0.6 is 0 Å². The Balaban J connectivity index is 1.58. The number of carbonyl (C=O) groups is 3. The summed E-state index contributed by atoms with van der Waals surface area (Å²) in [4.78, 5) is 36.9. The molecular weight excluding hydrogens is 436 g/mol. The first-order chi connectivity index (χ1) is 15.1. The van der Waals surface area contributed by atoms with E-state index in [0.29, 0.717) is 16.8 Å². The topological polar surface area (TPSA) is 128 Å². The van der Waals surface area contributed by atoms with Crippen LogP contribution in [0.25, 0.3) is 0 Å². The van der Waals surface area contributed by atoms with E-state index in [0.717, 1.165) is 0 Å². The molecule has 32 heavy (non-hydrogen) atoms. The van der Waals surface area contributed by atoms with Crippen LogP contribution in [-0.2, 0) is 35.5 Å². The first-order valence-electron chi connectivity index (χ1n) is 9.99. The minimum Gasteiger partial charge on any atom is -0.450 e. The molecule has 1 heterocycles. The molecule has 1 aliphatic heterocycles. The standard InChI is InChI=1S/C22H24N2O7S/c1-13(2)24-32(28,29)17-10-8-16(9-11-17)23-20(25)14(3)30-22(27)19-12-15-6-4-5-7-18(15)21(26)31-19/h4-11,13-14,19,24H,12H2,1-3H3,(H,23,25). The van der Waals surface area contributed by atoms with Crippen LogP contribution < -0.4 is 10.0 Å². The zero-order valence-electron chi connectivity index (χ0n) is 17.8. The predicted molar refractivity (Wildman–Crippen MR) is 115 cm³/mol. The summed E-state index contributed by atoms with van der Waals surface area (Å²) in [6.45, 7) is 4.81. The monoisotopic (exact) mass is 460 g/mol. The fraction of sp³-hybridized carbons (Fsp3) is 0.318. The molecule has 1 amide bonds. The highest BCUT2D eigenvalue weighted by Gasteiger charge is 2.34. The third-order valence-electron chi connectivity index (χ3n) is 4.64. The highest BCUT2D eigenvalue weighted by molar-refractivity contribution is 7.89. The van der Waals surface area contributed by atoms with Gasteiger partial charge in [0.15, 0.2) is 6.10 Å². The molecule has 0 fully saturated rings. The molecule has 0 saturated carbocycles. The van der Waals surface area contributed by atoms with Crippen molar-refractivity contribution in [3.05, 3.63) is 59.7 Å². The lowest BCUT2D eigenvalue weighted by atomic mass is 9.99. The summed E-state index contributed by atoms with van der Waals surface area (Å²) in [5, 5.41) is 2.55. The third kappa shape index (κ3) is 5.51. The molecule has 2 aromatic rings. The van der Waals surface area contributed by atoms with Crippen molar-refractivity contribution in [3.8, 4) is 0 Å². The molecule has 0 saturated heterocycles. The van der Waals surface area contributed by atoms with E-state index in [1.807, 2.05) is 0 Å². The van der Waals surface area contributed by atoms with E-state index in [1.54, 1.807) is 38.1 Å². The average molecular weight is 461 g/mol. The Morgan fingerprint density at radius 1 is 1.06 bits per heavy atom. The molecule has 2 unspecified atom stereocenters. The van der Waals surface area contributed by atoms with Gasteiger partial charge in [-0.2, -0.15) is 0 Å². The van der Waals surface area contributed by atoms with Gasteiger partial charge in [0, 0.05) is 18.2 Å². The fourth-order valence-electron chi connectivity index (χ4n) is 3.11. The molecule has 0 radical (unpaired) electrons. The van der Waals surface area contributed by atoms with Gasteiger partial charge in [-0.25, -0.2) is 22.7 Å². The lowest BCUT2D eigenvalue weighted by Crippen LogP contribution is -2.39. The Hall–Kier alpha value is -3.24. The van der Waals surface area contributed by atoms with Crippen molar-refractivity contribution in [3.63, 3.8) is 0 Å². The maximum atomic E-state index is 12.4. The summed E-state index contributed by atoms with van der Waals surface area (Å²) in [5.74, 6) is -2.05. The maximum absolute atomic E-state index is 12.4. The van der Waals surface area contributed by atoms with Gasteiger partial charge >= 0.3 is 11.9 Å². The van der Waals surface area contributed by atoms with E-state index >= 15 is 0 Å². The van der Waals surface area contributed by atoms with Gasteiger partial charge in [-0.3, -0.25) is 4.79 Å². The molecule has 2 aromatic carbocycles. The number of amides is 1. The number of fused-ring (bicyclic) bond motifs is 1. The van der Waals surface area contributed by atoms with E-state index in [2.05, 4.69) is 10.0 Å². The average Bonchev–Trinajstić information content (AvgIpc) is 2.73. The van der Waals surface area contributed by atoms with Crippen LogP contribution in [0.3, 0.4) is 0 Å². The van der Waals surface area contributed by atoms with E-state index < -0.39 is 40.1 Å². The number of esters is 2. The first-order valence-corrected chi connectivity index (χ1v) is 11.5. The van der Waals surface area contributed by atoms with Crippen LogP contribution in [0.2, 0.25) is 0 Å². The molecule has 2 N–H and O–H groups in total. The molecule has 0 aliphatic carbocycles. The van der Waals surface area contributed by atoms with E-state index in [-0.39, 0.29) is 17.4 Å². The van der Waals surface area contributed by atoms with Crippen LogP contribution in [0.4, 0.5) is 5.69 Å². The summed E-state index contributed by atoms with van der Waals surface area (Å²) >= 11 is 0. The van der Waals surface area contributed by atoms with Crippen LogP contribution in [-0.4, -0.2) is 44.5 Å². The van der Waals surface area contributed by atoms with E-state index in [9.17, 15) is 22.8 Å². The van der Waals surface area contributed by atoms with Crippen molar-refractivity contribution in [1.82, 2.24) is 4.72 Å². The fourth-order valence-corrected chi connectivity index (χ4v) is 4.36. The predicted octanol–water partition coefficient (Wildman–Crippen LogP) is 2.03. The van der Waals surface area contributed by atoms with Crippen LogP contribution in [0.15, 0.2) is 53.4 Å². The van der Waals surface area contributed by atoms with Gasteiger partial charge in [0.1, 0.15) is 0 Å². The minimum atomic E-state index is -3.65. The number of carbonyl (C=O) groups excluding carboxylic acids is 3. The molecule has 2 atom stereocenters. The Bertz CT molecular complexity index is 1130. The number of nitrogens with one attached hydrogen (secondary N) is 2. The van der Waals surface area contributed by atoms with Crippen molar-refractivity contribution in [2.75, 3.05) is 5.32 Å². The molecule has 0 bridgehead atoms. The largest absolute Gasteiger partial charge is 0.450 e. The van der Waals surface area contributed by atoms with Gasteiger partial charge in [0.25, 0.3) is 5.91 Å². The molecular formula is C22H24N2O7S. The first kappa shape index (κ1) is 23.4. The van der Waals surface area contributed by atoms with Gasteiger partial charge in [-0.05, 0) is 56.7 Å². The second-order valence-corrected chi connectivity index (χ2v) is 9.34. The third-order valence-corrected chi connectivity index (χ3v) is 6.31. The molecule has 10 heteroatoms. The van der Waals surface area contributed by atoms with E-state index in [4.69, 9.17) is 9.47 Å². The molecule has 9 nitrogen and oxygen atoms in total. The number of rotatable bonds is 7. The number of hydrogen-bond donors (Lipinski definition) is 2. The van der Waals surface area contributed by atoms with Gasteiger partial charge in [0.2, 0.25) is 16.1 Å². The zero-order chi connectivity index (χ0) is 23.5. The molecule has 3 rings (SSSR count). The van der Waals surface area contributed by atoms with E-state index in [1.165, 1.54) is 31.2 Å². The summed E-state index contributed by atoms with van der Waals surface area (Å²) in [5.41, 5.74) is 1.40. The van der Waals surface area contributed by atoms with Crippen LogP contribution in [0.1, 0.15) is 36.7 Å². The highest BCUT2D eigenvalue weighted by atomic mass is 32.2. The van der Waals surface area contributed by atoms with Gasteiger partial charge in [0.05, 0.1) is 10.5 Å². The number of sulfonamides is 1. The van der Waals surface area contributed by atoms with Crippen molar-refractivity contribution < 1.29 is 32.3 Å². The van der Waals surface area contributed by atoms with Crippen molar-refractivity contribution in [2.45, 2.75) is 50.3 Å². The molecule has 1 aliphatic rings. The quantitative estimate of drug-likeness (QED) is 0.605. The normalized spacial score (nSPS) is 16.6. The molecule has 0 aromatic heterocycles. The summed E-state index contributed by atoms with van der Waals surface area (Å²) in [7, 11) is -3.65. The summed E-state index contributed by atoms with van der Waals surface area (Å²) in [6.07, 6.45) is -2.13. The Morgan fingerprint density at radius 2 is 1.72 bits per heavy atom. The number of anilines is 1. The summed E-state index contributed by atoms with van der Waals surface area (Å²) in [6, 6.07) is 12.1. The smallest absolute Gasteiger partial charge is 0.348 e. The lowest BCUT2D eigenvalue weighted by molar-refractivity contribution is -0.162. The van der Waals surface area contributed by atoms with Crippen molar-refractivity contribution >= 4 is 33.6 Å². The van der Waals surface area contributed by atoms with Crippen molar-refractivity contribution in [2.24, 2.45) is 0 Å². The maximum Gasteiger partial charge on any atom is 0.348 e. The summed E-state index contributed by atoms with van der Waals surface area (Å²) < 4.78 is 37.1. The second kappa shape index (κ2) is 9.49. The molecule has 170 valence electrons. The second-order valence-electron chi connectivity index (χ2n) is 7.62. The van der Waals surface area contributed by atoms with Crippen LogP contribution in [0, 0.1) is 0 Å².